The first-order chi connectivity index (χ1) is 8.18. The highest BCUT2D eigenvalue weighted by atomic mass is 16.5. The van der Waals surface area contributed by atoms with Gasteiger partial charge in [-0.05, 0) is 52.7 Å². The third-order valence-electron chi connectivity index (χ3n) is 2.53. The van der Waals surface area contributed by atoms with Crippen molar-refractivity contribution in [3.63, 3.8) is 0 Å². The summed E-state index contributed by atoms with van der Waals surface area (Å²) in [6, 6.07) is 8.17. The van der Waals surface area contributed by atoms with Crippen molar-refractivity contribution in [1.29, 1.82) is 0 Å². The lowest BCUT2D eigenvalue weighted by atomic mass is 10.2. The second-order valence-electron chi connectivity index (χ2n) is 4.57. The Morgan fingerprint density at radius 1 is 1.12 bits per heavy atom. The summed E-state index contributed by atoms with van der Waals surface area (Å²) in [5.74, 6) is 0.950. The van der Waals surface area contributed by atoms with Crippen LogP contribution in [0.5, 0.6) is 5.75 Å². The van der Waals surface area contributed by atoms with E-state index in [4.69, 9.17) is 4.74 Å². The Morgan fingerprint density at radius 3 is 2.47 bits per heavy atom. The van der Waals surface area contributed by atoms with Gasteiger partial charge >= 0.3 is 0 Å². The molecule has 0 spiro atoms. The quantitative estimate of drug-likeness (QED) is 0.698. The van der Waals surface area contributed by atoms with E-state index in [0.29, 0.717) is 0 Å². The molecule has 0 bridgehead atoms. The molecule has 0 aliphatic carbocycles. The molecule has 3 nitrogen and oxygen atoms in total. The van der Waals surface area contributed by atoms with Crippen LogP contribution in [0.3, 0.4) is 0 Å². The SMILES string of the molecule is Cc1ccc(OCCNCCCN(C)C)cc1. The number of nitrogens with one attached hydrogen (secondary N) is 1. The van der Waals surface area contributed by atoms with Gasteiger partial charge in [0.25, 0.3) is 0 Å². The zero-order chi connectivity index (χ0) is 12.5. The molecular weight excluding hydrogens is 212 g/mol. The normalized spacial score (nSPS) is 10.8. The molecule has 1 rings (SSSR count). The summed E-state index contributed by atoms with van der Waals surface area (Å²) in [4.78, 5) is 2.20. The molecule has 3 heteroatoms. The van der Waals surface area contributed by atoms with Crippen LogP contribution < -0.4 is 10.1 Å². The van der Waals surface area contributed by atoms with Crippen molar-refractivity contribution in [2.45, 2.75) is 13.3 Å². The molecule has 0 unspecified atom stereocenters. The third kappa shape index (κ3) is 6.97. The van der Waals surface area contributed by atoms with Crippen LogP contribution in [0.15, 0.2) is 24.3 Å². The molecule has 0 aliphatic rings. The van der Waals surface area contributed by atoms with Gasteiger partial charge in [0.2, 0.25) is 0 Å². The number of benzene rings is 1. The summed E-state index contributed by atoms with van der Waals surface area (Å²) in [5.41, 5.74) is 1.26. The first-order valence-electron chi connectivity index (χ1n) is 6.23. The fraction of sp³-hybridized carbons (Fsp3) is 0.571. The smallest absolute Gasteiger partial charge is 0.119 e. The summed E-state index contributed by atoms with van der Waals surface area (Å²) in [6.07, 6.45) is 1.18. The standard InChI is InChI=1S/C14H24N2O/c1-13-5-7-14(8-6-13)17-12-10-15-9-4-11-16(2)3/h5-8,15H,4,9-12H2,1-3H3. The molecule has 17 heavy (non-hydrogen) atoms. The van der Waals surface area contributed by atoms with E-state index in [2.05, 4.69) is 43.4 Å². The molecule has 1 aromatic carbocycles. The first-order valence-corrected chi connectivity index (χ1v) is 6.23. The van der Waals surface area contributed by atoms with E-state index in [1.807, 2.05) is 12.1 Å². The maximum Gasteiger partial charge on any atom is 0.119 e. The maximum atomic E-state index is 5.62. The summed E-state index contributed by atoms with van der Waals surface area (Å²) >= 11 is 0. The Kier molecular flexibility index (Phi) is 6.67. The van der Waals surface area contributed by atoms with Crippen molar-refractivity contribution in [1.82, 2.24) is 10.2 Å². The van der Waals surface area contributed by atoms with Crippen LogP contribution in [-0.2, 0) is 0 Å². The van der Waals surface area contributed by atoms with Gasteiger partial charge in [0.15, 0.2) is 0 Å². The highest BCUT2D eigenvalue weighted by molar-refractivity contribution is 5.26. The van der Waals surface area contributed by atoms with Crippen LogP contribution in [0.2, 0.25) is 0 Å². The minimum atomic E-state index is 0.727. The van der Waals surface area contributed by atoms with Gasteiger partial charge in [0, 0.05) is 6.54 Å². The molecular formula is C14H24N2O. The molecule has 0 aliphatic heterocycles. The van der Waals surface area contributed by atoms with E-state index in [-0.39, 0.29) is 0 Å². The van der Waals surface area contributed by atoms with E-state index >= 15 is 0 Å². The van der Waals surface area contributed by atoms with Gasteiger partial charge in [0.05, 0.1) is 0 Å². The minimum Gasteiger partial charge on any atom is -0.492 e. The number of rotatable bonds is 8. The number of hydrogen-bond donors (Lipinski definition) is 1. The molecule has 0 saturated heterocycles. The third-order valence-corrected chi connectivity index (χ3v) is 2.53. The second-order valence-corrected chi connectivity index (χ2v) is 4.57. The molecule has 0 aromatic heterocycles. The Bertz CT molecular complexity index is 296. The predicted molar refractivity (Wildman–Crippen MR) is 72.7 cm³/mol. The van der Waals surface area contributed by atoms with E-state index in [9.17, 15) is 0 Å². The van der Waals surface area contributed by atoms with Gasteiger partial charge in [-0.15, -0.1) is 0 Å². The summed E-state index contributed by atoms with van der Waals surface area (Å²) < 4.78 is 5.62. The Hall–Kier alpha value is -1.06. The zero-order valence-corrected chi connectivity index (χ0v) is 11.2. The van der Waals surface area contributed by atoms with Gasteiger partial charge in [-0.25, -0.2) is 0 Å². The number of aryl methyl sites for hydroxylation is 1. The van der Waals surface area contributed by atoms with Crippen LogP contribution in [0.25, 0.3) is 0 Å². The van der Waals surface area contributed by atoms with Gasteiger partial charge < -0.3 is 15.0 Å². The maximum absolute atomic E-state index is 5.62. The fourth-order valence-electron chi connectivity index (χ4n) is 1.52. The zero-order valence-electron chi connectivity index (χ0n) is 11.2. The largest absolute Gasteiger partial charge is 0.492 e. The lowest BCUT2D eigenvalue weighted by Crippen LogP contribution is -2.25. The van der Waals surface area contributed by atoms with E-state index in [1.54, 1.807) is 0 Å². The van der Waals surface area contributed by atoms with Crippen LogP contribution >= 0.6 is 0 Å². The highest BCUT2D eigenvalue weighted by Gasteiger charge is 1.93. The average molecular weight is 236 g/mol. The average Bonchev–Trinajstić information content (AvgIpc) is 2.30. The molecule has 1 aromatic rings. The fourth-order valence-corrected chi connectivity index (χ4v) is 1.52. The minimum absolute atomic E-state index is 0.727. The lowest BCUT2D eigenvalue weighted by molar-refractivity contribution is 0.311. The van der Waals surface area contributed by atoms with E-state index in [0.717, 1.165) is 32.0 Å². The van der Waals surface area contributed by atoms with E-state index < -0.39 is 0 Å². The molecule has 0 heterocycles. The van der Waals surface area contributed by atoms with E-state index in [1.165, 1.54) is 12.0 Å². The van der Waals surface area contributed by atoms with Gasteiger partial charge in [-0.1, -0.05) is 17.7 Å². The van der Waals surface area contributed by atoms with Crippen LogP contribution in [0.4, 0.5) is 0 Å². The number of hydrogen-bond acceptors (Lipinski definition) is 3. The van der Waals surface area contributed by atoms with Gasteiger partial charge in [-0.2, -0.15) is 0 Å². The van der Waals surface area contributed by atoms with Crippen molar-refractivity contribution in [2.75, 3.05) is 40.3 Å². The second kappa shape index (κ2) is 8.09. The van der Waals surface area contributed by atoms with Crippen molar-refractivity contribution in [3.05, 3.63) is 29.8 Å². The molecule has 0 fully saturated rings. The van der Waals surface area contributed by atoms with Crippen molar-refractivity contribution in [3.8, 4) is 5.75 Å². The molecule has 0 saturated carbocycles. The van der Waals surface area contributed by atoms with Crippen LogP contribution in [0, 0.1) is 6.92 Å². The molecule has 0 atom stereocenters. The van der Waals surface area contributed by atoms with Gasteiger partial charge in [-0.3, -0.25) is 0 Å². The monoisotopic (exact) mass is 236 g/mol. The van der Waals surface area contributed by atoms with Crippen molar-refractivity contribution >= 4 is 0 Å². The summed E-state index contributed by atoms with van der Waals surface area (Å²) in [5, 5.41) is 3.37. The molecule has 96 valence electrons. The van der Waals surface area contributed by atoms with Gasteiger partial charge in [0.1, 0.15) is 12.4 Å². The van der Waals surface area contributed by atoms with Crippen LogP contribution in [0.1, 0.15) is 12.0 Å². The summed E-state index contributed by atoms with van der Waals surface area (Å²) in [6.45, 7) is 5.89. The Labute approximate surface area is 105 Å². The lowest BCUT2D eigenvalue weighted by Gasteiger charge is -2.10. The Balaban J connectivity index is 1.99. The highest BCUT2D eigenvalue weighted by Crippen LogP contribution is 2.10. The molecule has 1 N–H and O–H groups in total. The molecule has 0 radical (unpaired) electrons. The number of nitrogens with zero attached hydrogens (tertiary/aromatic N) is 1. The van der Waals surface area contributed by atoms with Crippen LogP contribution in [-0.4, -0.2) is 45.2 Å². The van der Waals surface area contributed by atoms with Crippen molar-refractivity contribution in [2.24, 2.45) is 0 Å². The summed E-state index contributed by atoms with van der Waals surface area (Å²) in [7, 11) is 4.20. The first kappa shape index (κ1) is 14.0. The number of ether oxygens (including phenoxy) is 1. The molecule has 0 amide bonds. The Morgan fingerprint density at radius 2 is 1.82 bits per heavy atom. The predicted octanol–water partition coefficient (Wildman–Crippen LogP) is 1.92. The van der Waals surface area contributed by atoms with Crippen molar-refractivity contribution < 1.29 is 4.74 Å². The topological polar surface area (TPSA) is 24.5 Å².